The van der Waals surface area contributed by atoms with Gasteiger partial charge >= 0.3 is 0 Å². The molecule has 1 fully saturated rings. The maximum atomic E-state index is 12.1. The lowest BCUT2D eigenvalue weighted by molar-refractivity contribution is -0.128. The van der Waals surface area contributed by atoms with Gasteiger partial charge in [-0.3, -0.25) is 4.79 Å². The normalized spacial score (nSPS) is 17.7. The minimum Gasteiger partial charge on any atom is -0.481 e. The molecule has 1 aromatic rings. The maximum absolute atomic E-state index is 12.1. The molecule has 0 bridgehead atoms. The molecule has 4 heteroatoms. The van der Waals surface area contributed by atoms with Crippen LogP contribution in [0.1, 0.15) is 37.3 Å². The minimum absolute atomic E-state index is 0.103. The molecule has 116 valence electrons. The van der Waals surface area contributed by atoms with E-state index in [-0.39, 0.29) is 17.9 Å². The molecule has 21 heavy (non-hydrogen) atoms. The first-order valence-corrected chi connectivity index (χ1v) is 7.58. The molecule has 2 N–H and O–H groups in total. The number of hydrogen-bond donors (Lipinski definition) is 2. The molecular formula is C17H25NO3. The van der Waals surface area contributed by atoms with E-state index in [1.165, 1.54) is 0 Å². The lowest BCUT2D eigenvalue weighted by Gasteiger charge is -2.40. The summed E-state index contributed by atoms with van der Waals surface area (Å²) in [6.07, 6.45) is 2.55. The van der Waals surface area contributed by atoms with Crippen LogP contribution in [0.4, 0.5) is 0 Å². The molecular weight excluding hydrogens is 266 g/mol. The summed E-state index contributed by atoms with van der Waals surface area (Å²) >= 11 is 0. The molecule has 0 radical (unpaired) electrons. The van der Waals surface area contributed by atoms with Gasteiger partial charge in [0.1, 0.15) is 5.75 Å². The number of nitrogens with one attached hydrogen (secondary N) is 1. The fourth-order valence-electron chi connectivity index (χ4n) is 2.56. The van der Waals surface area contributed by atoms with Gasteiger partial charge in [0, 0.05) is 12.0 Å². The highest BCUT2D eigenvalue weighted by atomic mass is 16.5. The van der Waals surface area contributed by atoms with Crippen molar-refractivity contribution >= 4 is 5.91 Å². The molecule has 1 amide bonds. The largest absolute Gasteiger partial charge is 0.481 e. The minimum atomic E-state index is -0.540. The number of hydrogen-bond acceptors (Lipinski definition) is 3. The Balaban J connectivity index is 1.89. The van der Waals surface area contributed by atoms with Crippen LogP contribution in [0.2, 0.25) is 0 Å². The van der Waals surface area contributed by atoms with Crippen LogP contribution >= 0.6 is 0 Å². The maximum Gasteiger partial charge on any atom is 0.260 e. The van der Waals surface area contributed by atoms with Gasteiger partial charge in [-0.15, -0.1) is 0 Å². The number of aryl methyl sites for hydroxylation is 2. The Morgan fingerprint density at radius 1 is 1.43 bits per heavy atom. The third-order valence-corrected chi connectivity index (χ3v) is 4.40. The molecule has 0 spiro atoms. The van der Waals surface area contributed by atoms with Crippen molar-refractivity contribution in [2.24, 2.45) is 5.41 Å². The first kappa shape index (κ1) is 15.8. The summed E-state index contributed by atoms with van der Waals surface area (Å²) < 4.78 is 5.76. The summed E-state index contributed by atoms with van der Waals surface area (Å²) in [5, 5.41) is 12.3. The van der Waals surface area contributed by atoms with Crippen LogP contribution in [0, 0.1) is 19.3 Å². The van der Waals surface area contributed by atoms with Crippen LogP contribution in [0.5, 0.6) is 5.75 Å². The van der Waals surface area contributed by atoms with Crippen molar-refractivity contribution in [2.75, 3.05) is 13.2 Å². The summed E-state index contributed by atoms with van der Waals surface area (Å²) in [4.78, 5) is 12.1. The number of ether oxygens (including phenoxy) is 1. The molecule has 0 aromatic heterocycles. The monoisotopic (exact) mass is 291 g/mol. The molecule has 1 aliphatic carbocycles. The van der Waals surface area contributed by atoms with Crippen molar-refractivity contribution in [3.05, 3.63) is 29.3 Å². The number of aliphatic hydroxyl groups is 1. The van der Waals surface area contributed by atoms with E-state index in [1.807, 2.05) is 32.0 Å². The molecule has 1 aromatic carbocycles. The quantitative estimate of drug-likeness (QED) is 0.846. The Morgan fingerprint density at radius 2 is 2.14 bits per heavy atom. The molecule has 1 atom stereocenters. The smallest absolute Gasteiger partial charge is 0.260 e. The number of aliphatic hydroxyl groups excluding tert-OH is 1. The van der Waals surface area contributed by atoms with E-state index in [9.17, 15) is 9.90 Å². The SMILES string of the molecule is Cc1ccc(C)c(O[C@@H](C)C(=O)NCC2(CO)CCC2)c1. The van der Waals surface area contributed by atoms with Crippen LogP contribution in [0.25, 0.3) is 0 Å². The highest BCUT2D eigenvalue weighted by Crippen LogP contribution is 2.39. The number of benzene rings is 1. The molecule has 0 saturated heterocycles. The average molecular weight is 291 g/mol. The fraction of sp³-hybridized carbons (Fsp3) is 0.588. The fourth-order valence-corrected chi connectivity index (χ4v) is 2.56. The number of carbonyl (C=O) groups is 1. The summed E-state index contributed by atoms with van der Waals surface area (Å²) in [6.45, 7) is 6.39. The van der Waals surface area contributed by atoms with Crippen molar-refractivity contribution in [3.8, 4) is 5.75 Å². The van der Waals surface area contributed by atoms with Gasteiger partial charge in [-0.25, -0.2) is 0 Å². The van der Waals surface area contributed by atoms with Gasteiger partial charge in [0.2, 0.25) is 0 Å². The summed E-state index contributed by atoms with van der Waals surface area (Å²) in [5.41, 5.74) is 2.03. The highest BCUT2D eigenvalue weighted by molar-refractivity contribution is 5.80. The van der Waals surface area contributed by atoms with Gasteiger partial charge < -0.3 is 15.2 Å². The van der Waals surface area contributed by atoms with E-state index in [0.29, 0.717) is 6.54 Å². The van der Waals surface area contributed by atoms with E-state index in [1.54, 1.807) is 6.92 Å². The van der Waals surface area contributed by atoms with E-state index in [0.717, 1.165) is 36.1 Å². The van der Waals surface area contributed by atoms with Crippen molar-refractivity contribution in [2.45, 2.75) is 46.1 Å². The van der Waals surface area contributed by atoms with Gasteiger partial charge in [-0.05, 0) is 50.8 Å². The highest BCUT2D eigenvalue weighted by Gasteiger charge is 2.36. The van der Waals surface area contributed by atoms with Gasteiger partial charge in [-0.2, -0.15) is 0 Å². The first-order valence-electron chi connectivity index (χ1n) is 7.58. The van der Waals surface area contributed by atoms with E-state index < -0.39 is 6.10 Å². The van der Waals surface area contributed by atoms with E-state index in [4.69, 9.17) is 4.74 Å². The van der Waals surface area contributed by atoms with Crippen molar-refractivity contribution in [1.82, 2.24) is 5.32 Å². The van der Waals surface area contributed by atoms with Crippen molar-refractivity contribution in [1.29, 1.82) is 0 Å². The van der Waals surface area contributed by atoms with Crippen LogP contribution in [-0.2, 0) is 4.79 Å². The standard InChI is InChI=1S/C17H25NO3/c1-12-5-6-13(2)15(9-12)21-14(3)16(20)18-10-17(11-19)7-4-8-17/h5-6,9,14,19H,4,7-8,10-11H2,1-3H3,(H,18,20)/t14-/m0/s1. The van der Waals surface area contributed by atoms with Crippen LogP contribution in [0.3, 0.4) is 0 Å². The Bertz CT molecular complexity index is 503. The van der Waals surface area contributed by atoms with Gasteiger partial charge in [-0.1, -0.05) is 18.6 Å². The van der Waals surface area contributed by atoms with Crippen LogP contribution < -0.4 is 10.1 Å². The molecule has 0 aliphatic heterocycles. The van der Waals surface area contributed by atoms with Gasteiger partial charge in [0.25, 0.3) is 5.91 Å². The Hall–Kier alpha value is -1.55. The summed E-state index contributed by atoms with van der Waals surface area (Å²) in [7, 11) is 0. The third kappa shape index (κ3) is 3.76. The Kier molecular flexibility index (Phi) is 4.88. The zero-order chi connectivity index (χ0) is 15.5. The van der Waals surface area contributed by atoms with Gasteiger partial charge in [0.05, 0.1) is 6.61 Å². The lowest BCUT2D eigenvalue weighted by Crippen LogP contribution is -2.47. The second-order valence-corrected chi connectivity index (χ2v) is 6.26. The molecule has 0 heterocycles. The van der Waals surface area contributed by atoms with E-state index >= 15 is 0 Å². The first-order chi connectivity index (χ1) is 9.96. The van der Waals surface area contributed by atoms with E-state index in [2.05, 4.69) is 5.32 Å². The van der Waals surface area contributed by atoms with Crippen LogP contribution in [-0.4, -0.2) is 30.3 Å². The molecule has 1 aliphatic rings. The number of carbonyl (C=O) groups excluding carboxylic acids is 1. The zero-order valence-electron chi connectivity index (χ0n) is 13.1. The zero-order valence-corrected chi connectivity index (χ0v) is 13.1. The predicted molar refractivity (Wildman–Crippen MR) is 82.4 cm³/mol. The Labute approximate surface area is 126 Å². The summed E-state index contributed by atoms with van der Waals surface area (Å²) in [5.74, 6) is 0.619. The van der Waals surface area contributed by atoms with Gasteiger partial charge in [0.15, 0.2) is 6.10 Å². The summed E-state index contributed by atoms with van der Waals surface area (Å²) in [6, 6.07) is 5.96. The number of amides is 1. The second kappa shape index (κ2) is 6.48. The topological polar surface area (TPSA) is 58.6 Å². The average Bonchev–Trinajstić information content (AvgIpc) is 2.42. The Morgan fingerprint density at radius 3 is 2.71 bits per heavy atom. The molecule has 4 nitrogen and oxygen atoms in total. The third-order valence-electron chi connectivity index (χ3n) is 4.40. The lowest BCUT2D eigenvalue weighted by atomic mass is 9.69. The molecule has 0 unspecified atom stereocenters. The molecule has 2 rings (SSSR count). The predicted octanol–water partition coefficient (Wildman–Crippen LogP) is 2.35. The number of rotatable bonds is 6. The molecule has 1 saturated carbocycles. The van der Waals surface area contributed by atoms with Crippen molar-refractivity contribution in [3.63, 3.8) is 0 Å². The van der Waals surface area contributed by atoms with Crippen LogP contribution in [0.15, 0.2) is 18.2 Å². The second-order valence-electron chi connectivity index (χ2n) is 6.26. The van der Waals surface area contributed by atoms with Crippen molar-refractivity contribution < 1.29 is 14.6 Å².